The molecule has 4 nitrogen and oxygen atoms in total. The van der Waals surface area contributed by atoms with Crippen molar-refractivity contribution in [2.45, 2.75) is 13.2 Å². The second kappa shape index (κ2) is 2.61. The molecule has 0 saturated heterocycles. The number of nitrogens with zero attached hydrogens (tertiary/aromatic N) is 1. The highest BCUT2D eigenvalue weighted by atomic mass is 16.5. The molecule has 9 heavy (non-hydrogen) atoms. The maximum Gasteiger partial charge on any atom is 0.129 e. The second-order valence-electron chi connectivity index (χ2n) is 1.60. The first kappa shape index (κ1) is 6.25. The number of aliphatic hydroxyl groups is 2. The maximum atomic E-state index is 8.53. The summed E-state index contributed by atoms with van der Waals surface area (Å²) in [5.41, 5.74) is 0.940. The molecule has 0 radical (unpaired) electrons. The van der Waals surface area contributed by atoms with Crippen molar-refractivity contribution in [2.24, 2.45) is 0 Å². The van der Waals surface area contributed by atoms with E-state index in [1.165, 1.54) is 6.26 Å². The minimum absolute atomic E-state index is 0.139. The average Bonchev–Trinajstić information content (AvgIpc) is 2.33. The first-order valence-electron chi connectivity index (χ1n) is 2.52. The molecule has 0 saturated carbocycles. The van der Waals surface area contributed by atoms with Crippen LogP contribution < -0.4 is 0 Å². The average molecular weight is 129 g/mol. The van der Waals surface area contributed by atoms with Crippen molar-refractivity contribution in [1.29, 1.82) is 0 Å². The topological polar surface area (TPSA) is 66.5 Å². The van der Waals surface area contributed by atoms with Crippen LogP contribution in [0.15, 0.2) is 10.8 Å². The molecule has 0 aromatic carbocycles. The molecule has 50 valence electrons. The molecule has 0 aliphatic carbocycles. The summed E-state index contributed by atoms with van der Waals surface area (Å²) in [7, 11) is 0. The highest BCUT2D eigenvalue weighted by Gasteiger charge is 2.02. The lowest BCUT2D eigenvalue weighted by Gasteiger charge is -1.87. The van der Waals surface area contributed by atoms with Crippen molar-refractivity contribution in [3.63, 3.8) is 0 Å². The minimum atomic E-state index is -0.188. The highest BCUT2D eigenvalue weighted by molar-refractivity contribution is 5.11. The van der Waals surface area contributed by atoms with Crippen LogP contribution in [-0.4, -0.2) is 15.4 Å². The van der Waals surface area contributed by atoms with E-state index in [4.69, 9.17) is 10.2 Å². The largest absolute Gasteiger partial charge is 0.391 e. The second-order valence-corrected chi connectivity index (χ2v) is 1.60. The number of rotatable bonds is 2. The van der Waals surface area contributed by atoms with Crippen LogP contribution in [0.1, 0.15) is 11.3 Å². The molecular formula is C5H7NO3. The monoisotopic (exact) mass is 129 g/mol. The summed E-state index contributed by atoms with van der Waals surface area (Å²) in [6.45, 7) is -0.328. The van der Waals surface area contributed by atoms with Gasteiger partial charge in [0, 0.05) is 5.56 Å². The summed E-state index contributed by atoms with van der Waals surface area (Å²) in [6, 6.07) is 0. The summed E-state index contributed by atoms with van der Waals surface area (Å²) in [4.78, 5) is 0. The predicted molar refractivity (Wildman–Crippen MR) is 28.3 cm³/mol. The molecule has 0 atom stereocenters. The van der Waals surface area contributed by atoms with Crippen LogP contribution in [0, 0.1) is 0 Å². The van der Waals surface area contributed by atoms with Crippen molar-refractivity contribution in [3.8, 4) is 0 Å². The van der Waals surface area contributed by atoms with Crippen molar-refractivity contribution in [1.82, 2.24) is 5.16 Å². The molecule has 1 aromatic rings. The Kier molecular flexibility index (Phi) is 1.81. The van der Waals surface area contributed by atoms with Gasteiger partial charge in [-0.1, -0.05) is 5.16 Å². The summed E-state index contributed by atoms with van der Waals surface area (Å²) in [5.74, 6) is 0. The van der Waals surface area contributed by atoms with E-state index < -0.39 is 0 Å². The SMILES string of the molecule is OCc1conc1CO. The number of aromatic nitrogens is 1. The molecule has 1 heterocycles. The van der Waals surface area contributed by atoms with Crippen LogP contribution in [0.5, 0.6) is 0 Å². The van der Waals surface area contributed by atoms with Gasteiger partial charge in [-0.3, -0.25) is 0 Å². The van der Waals surface area contributed by atoms with Crippen LogP contribution in [-0.2, 0) is 13.2 Å². The summed E-state index contributed by atoms with van der Waals surface area (Å²) >= 11 is 0. The van der Waals surface area contributed by atoms with Gasteiger partial charge in [-0.2, -0.15) is 0 Å². The summed E-state index contributed by atoms with van der Waals surface area (Å²) in [5, 5.41) is 20.5. The fraction of sp³-hybridized carbons (Fsp3) is 0.400. The smallest absolute Gasteiger partial charge is 0.129 e. The number of hydrogen-bond donors (Lipinski definition) is 2. The molecule has 0 bridgehead atoms. The van der Waals surface area contributed by atoms with Gasteiger partial charge in [0.1, 0.15) is 12.0 Å². The Morgan fingerprint density at radius 2 is 2.22 bits per heavy atom. The van der Waals surface area contributed by atoms with Gasteiger partial charge < -0.3 is 14.7 Å². The van der Waals surface area contributed by atoms with Gasteiger partial charge in [0.05, 0.1) is 13.2 Å². The molecule has 0 aliphatic heterocycles. The zero-order valence-electron chi connectivity index (χ0n) is 4.74. The Bertz CT molecular complexity index is 166. The van der Waals surface area contributed by atoms with E-state index >= 15 is 0 Å². The van der Waals surface area contributed by atoms with E-state index in [1.807, 2.05) is 0 Å². The fourth-order valence-corrected chi connectivity index (χ4v) is 0.539. The van der Waals surface area contributed by atoms with Gasteiger partial charge in [-0.15, -0.1) is 0 Å². The van der Waals surface area contributed by atoms with Crippen LogP contribution >= 0.6 is 0 Å². The Balaban J connectivity index is 2.85. The van der Waals surface area contributed by atoms with Crippen LogP contribution in [0.3, 0.4) is 0 Å². The van der Waals surface area contributed by atoms with Crippen molar-refractivity contribution in [2.75, 3.05) is 0 Å². The lowest BCUT2D eigenvalue weighted by Crippen LogP contribution is -1.89. The molecule has 1 rings (SSSR count). The van der Waals surface area contributed by atoms with Gasteiger partial charge in [0.2, 0.25) is 0 Å². The Morgan fingerprint density at radius 3 is 2.67 bits per heavy atom. The summed E-state index contributed by atoms with van der Waals surface area (Å²) in [6.07, 6.45) is 1.31. The summed E-state index contributed by atoms with van der Waals surface area (Å²) < 4.78 is 4.46. The standard InChI is InChI=1S/C5H7NO3/c7-1-4-3-9-6-5(4)2-8/h3,7-8H,1-2H2. The van der Waals surface area contributed by atoms with Crippen LogP contribution in [0.25, 0.3) is 0 Å². The Hall–Kier alpha value is -0.870. The van der Waals surface area contributed by atoms with Gasteiger partial charge in [0.25, 0.3) is 0 Å². The van der Waals surface area contributed by atoms with Crippen molar-refractivity contribution >= 4 is 0 Å². The predicted octanol–water partition coefficient (Wildman–Crippen LogP) is -0.341. The number of hydrogen-bond acceptors (Lipinski definition) is 4. The molecule has 2 N–H and O–H groups in total. The Morgan fingerprint density at radius 1 is 1.44 bits per heavy atom. The van der Waals surface area contributed by atoms with Gasteiger partial charge in [0.15, 0.2) is 0 Å². The van der Waals surface area contributed by atoms with E-state index in [1.54, 1.807) is 0 Å². The van der Waals surface area contributed by atoms with E-state index in [-0.39, 0.29) is 13.2 Å². The Labute approximate surface area is 51.7 Å². The van der Waals surface area contributed by atoms with Crippen molar-refractivity contribution in [3.05, 3.63) is 17.5 Å². The minimum Gasteiger partial charge on any atom is -0.391 e. The van der Waals surface area contributed by atoms with E-state index in [0.29, 0.717) is 11.3 Å². The van der Waals surface area contributed by atoms with Crippen LogP contribution in [0.4, 0.5) is 0 Å². The van der Waals surface area contributed by atoms with Gasteiger partial charge >= 0.3 is 0 Å². The lowest BCUT2D eigenvalue weighted by atomic mass is 10.3. The quantitative estimate of drug-likeness (QED) is 0.573. The molecule has 0 unspecified atom stereocenters. The van der Waals surface area contributed by atoms with Crippen LogP contribution in [0.2, 0.25) is 0 Å². The molecule has 0 spiro atoms. The zero-order chi connectivity index (χ0) is 6.69. The first-order chi connectivity index (χ1) is 4.38. The molecule has 4 heteroatoms. The third-order valence-electron chi connectivity index (χ3n) is 1.05. The van der Waals surface area contributed by atoms with Gasteiger partial charge in [-0.25, -0.2) is 0 Å². The molecule has 0 aliphatic rings. The van der Waals surface area contributed by atoms with Gasteiger partial charge in [-0.05, 0) is 0 Å². The molecule has 0 fully saturated rings. The van der Waals surface area contributed by atoms with E-state index in [2.05, 4.69) is 9.68 Å². The van der Waals surface area contributed by atoms with E-state index in [0.717, 1.165) is 0 Å². The third-order valence-corrected chi connectivity index (χ3v) is 1.05. The normalized spacial score (nSPS) is 10.0. The van der Waals surface area contributed by atoms with Crippen molar-refractivity contribution < 1.29 is 14.7 Å². The maximum absolute atomic E-state index is 8.53. The molecule has 0 amide bonds. The molecular weight excluding hydrogens is 122 g/mol. The number of aliphatic hydroxyl groups excluding tert-OH is 2. The third kappa shape index (κ3) is 1.09. The lowest BCUT2D eigenvalue weighted by molar-refractivity contribution is 0.255. The van der Waals surface area contributed by atoms with E-state index in [9.17, 15) is 0 Å². The molecule has 1 aromatic heterocycles. The highest BCUT2D eigenvalue weighted by Crippen LogP contribution is 2.04. The fourth-order valence-electron chi connectivity index (χ4n) is 0.539. The zero-order valence-corrected chi connectivity index (χ0v) is 4.74. The first-order valence-corrected chi connectivity index (χ1v) is 2.52.